The van der Waals surface area contributed by atoms with E-state index in [0.717, 1.165) is 19.3 Å². The molecular formula is C18H25N3O4S. The Labute approximate surface area is 154 Å². The predicted octanol–water partition coefficient (Wildman–Crippen LogP) is 1.86. The molecule has 1 aromatic carbocycles. The van der Waals surface area contributed by atoms with Crippen LogP contribution in [0.1, 0.15) is 46.0 Å². The fourth-order valence-electron chi connectivity index (χ4n) is 4.17. The minimum absolute atomic E-state index is 0.0383. The first-order valence-corrected chi connectivity index (χ1v) is 10.4. The van der Waals surface area contributed by atoms with Crippen LogP contribution in [-0.4, -0.2) is 42.7 Å². The largest absolute Gasteiger partial charge is 0.353 e. The molecule has 0 spiro atoms. The Morgan fingerprint density at radius 2 is 1.58 bits per heavy atom. The van der Waals surface area contributed by atoms with E-state index in [1.54, 1.807) is 16.4 Å². The smallest absolute Gasteiger partial charge is 0.243 e. The molecule has 0 saturated carbocycles. The first-order chi connectivity index (χ1) is 12.3. The van der Waals surface area contributed by atoms with Crippen LogP contribution in [0.3, 0.4) is 0 Å². The number of amides is 2. The van der Waals surface area contributed by atoms with Crippen molar-refractivity contribution in [3.05, 3.63) is 24.3 Å². The Kier molecular flexibility index (Phi) is 5.34. The van der Waals surface area contributed by atoms with Crippen molar-refractivity contribution in [1.29, 1.82) is 0 Å². The highest BCUT2D eigenvalue weighted by Crippen LogP contribution is 2.38. The standard InChI is InChI=1S/C18H25N3O4S/c1-12(22)19-14-6-8-18(9-7-14)26(24,25)21-16-4-3-5-17(21)11-15(10-16)20-13(2)23/h6-9,15-17H,3-5,10-11H2,1-2H3,(H,19,22)(H,20,23). The maximum Gasteiger partial charge on any atom is 0.243 e. The van der Waals surface area contributed by atoms with Crippen molar-refractivity contribution in [3.8, 4) is 0 Å². The molecule has 3 rings (SSSR count). The summed E-state index contributed by atoms with van der Waals surface area (Å²) in [5, 5.41) is 5.59. The molecule has 0 radical (unpaired) electrons. The van der Waals surface area contributed by atoms with Crippen molar-refractivity contribution in [3.63, 3.8) is 0 Å². The summed E-state index contributed by atoms with van der Waals surface area (Å²) >= 11 is 0. The molecule has 7 nitrogen and oxygen atoms in total. The van der Waals surface area contributed by atoms with Gasteiger partial charge in [-0.05, 0) is 49.9 Å². The minimum Gasteiger partial charge on any atom is -0.353 e. The van der Waals surface area contributed by atoms with Crippen LogP contribution in [0, 0.1) is 0 Å². The molecule has 26 heavy (non-hydrogen) atoms. The summed E-state index contributed by atoms with van der Waals surface area (Å²) in [5.74, 6) is -0.270. The molecule has 2 heterocycles. The summed E-state index contributed by atoms with van der Waals surface area (Å²) in [7, 11) is -3.61. The molecule has 8 heteroatoms. The topological polar surface area (TPSA) is 95.6 Å². The van der Waals surface area contributed by atoms with Crippen LogP contribution in [0.4, 0.5) is 5.69 Å². The molecule has 142 valence electrons. The van der Waals surface area contributed by atoms with Gasteiger partial charge in [0.05, 0.1) is 4.90 Å². The summed E-state index contributed by atoms with van der Waals surface area (Å²) in [6.07, 6.45) is 3.94. The van der Waals surface area contributed by atoms with Gasteiger partial charge in [0.15, 0.2) is 0 Å². The van der Waals surface area contributed by atoms with Crippen LogP contribution >= 0.6 is 0 Å². The summed E-state index contributed by atoms with van der Waals surface area (Å²) in [4.78, 5) is 22.7. The number of hydrogen-bond donors (Lipinski definition) is 2. The van der Waals surface area contributed by atoms with Gasteiger partial charge in [0, 0.05) is 37.7 Å². The molecule has 0 aromatic heterocycles. The van der Waals surface area contributed by atoms with Crippen molar-refractivity contribution >= 4 is 27.5 Å². The maximum absolute atomic E-state index is 13.2. The molecule has 1 aromatic rings. The Bertz CT molecular complexity index is 777. The normalized spacial score (nSPS) is 26.2. The van der Waals surface area contributed by atoms with E-state index < -0.39 is 10.0 Å². The molecule has 2 aliphatic rings. The zero-order valence-electron chi connectivity index (χ0n) is 15.1. The van der Waals surface area contributed by atoms with E-state index in [0.29, 0.717) is 18.5 Å². The second-order valence-electron chi connectivity index (χ2n) is 7.15. The number of sulfonamides is 1. The lowest BCUT2D eigenvalue weighted by Crippen LogP contribution is -2.58. The summed E-state index contributed by atoms with van der Waals surface area (Å²) < 4.78 is 28.1. The molecule has 2 atom stereocenters. The van der Waals surface area contributed by atoms with Gasteiger partial charge in [-0.25, -0.2) is 8.42 Å². The third-order valence-electron chi connectivity index (χ3n) is 5.07. The second kappa shape index (κ2) is 7.36. The first kappa shape index (κ1) is 18.8. The molecular weight excluding hydrogens is 354 g/mol. The Morgan fingerprint density at radius 1 is 1.00 bits per heavy atom. The molecule has 2 unspecified atom stereocenters. The number of fused-ring (bicyclic) bond motifs is 2. The average Bonchev–Trinajstić information content (AvgIpc) is 2.53. The van der Waals surface area contributed by atoms with Gasteiger partial charge < -0.3 is 10.6 Å². The highest BCUT2D eigenvalue weighted by Gasteiger charge is 2.45. The molecule has 2 N–H and O–H groups in total. The number of rotatable bonds is 4. The van der Waals surface area contributed by atoms with Crippen LogP contribution in [0.25, 0.3) is 0 Å². The summed E-state index contributed by atoms with van der Waals surface area (Å²) in [6, 6.07) is 6.16. The van der Waals surface area contributed by atoms with Gasteiger partial charge in [0.1, 0.15) is 0 Å². The van der Waals surface area contributed by atoms with E-state index in [1.165, 1.54) is 26.0 Å². The molecule has 0 aliphatic carbocycles. The third-order valence-corrected chi connectivity index (χ3v) is 7.08. The van der Waals surface area contributed by atoms with E-state index in [9.17, 15) is 18.0 Å². The van der Waals surface area contributed by atoms with Crippen molar-refractivity contribution in [2.45, 2.75) is 69.0 Å². The van der Waals surface area contributed by atoms with E-state index in [1.807, 2.05) is 0 Å². The highest BCUT2D eigenvalue weighted by molar-refractivity contribution is 7.89. The van der Waals surface area contributed by atoms with Gasteiger partial charge in [-0.2, -0.15) is 4.31 Å². The molecule has 2 fully saturated rings. The maximum atomic E-state index is 13.2. The summed E-state index contributed by atoms with van der Waals surface area (Å²) in [5.41, 5.74) is 0.570. The predicted molar refractivity (Wildman–Crippen MR) is 98.0 cm³/mol. The van der Waals surface area contributed by atoms with E-state index >= 15 is 0 Å². The monoisotopic (exact) mass is 379 g/mol. The Hall–Kier alpha value is -1.93. The van der Waals surface area contributed by atoms with Crippen LogP contribution in [0.5, 0.6) is 0 Å². The highest BCUT2D eigenvalue weighted by atomic mass is 32.2. The SMILES string of the molecule is CC(=O)Nc1ccc(S(=O)(=O)N2C3CCCC2CC(NC(C)=O)C3)cc1. The molecule has 2 bridgehead atoms. The minimum atomic E-state index is -3.61. The molecule has 2 amide bonds. The number of carbonyl (C=O) groups is 2. The van der Waals surface area contributed by atoms with Crippen molar-refractivity contribution in [1.82, 2.24) is 9.62 Å². The number of hydrogen-bond acceptors (Lipinski definition) is 4. The number of nitrogens with zero attached hydrogens (tertiary/aromatic N) is 1. The van der Waals surface area contributed by atoms with E-state index in [4.69, 9.17) is 0 Å². The van der Waals surface area contributed by atoms with Gasteiger partial charge in [0.25, 0.3) is 0 Å². The lowest BCUT2D eigenvalue weighted by Gasteiger charge is -2.47. The van der Waals surface area contributed by atoms with Crippen molar-refractivity contribution < 1.29 is 18.0 Å². The average molecular weight is 379 g/mol. The number of benzene rings is 1. The van der Waals surface area contributed by atoms with Gasteiger partial charge >= 0.3 is 0 Å². The third kappa shape index (κ3) is 3.91. The lowest BCUT2D eigenvalue weighted by atomic mass is 9.84. The first-order valence-electron chi connectivity index (χ1n) is 8.95. The Morgan fingerprint density at radius 3 is 2.08 bits per heavy atom. The quantitative estimate of drug-likeness (QED) is 0.835. The van der Waals surface area contributed by atoms with Crippen LogP contribution in [-0.2, 0) is 19.6 Å². The van der Waals surface area contributed by atoms with Crippen molar-refractivity contribution in [2.24, 2.45) is 0 Å². The number of piperidine rings is 2. The number of carbonyl (C=O) groups excluding carboxylic acids is 2. The number of anilines is 1. The Balaban J connectivity index is 1.82. The second-order valence-corrected chi connectivity index (χ2v) is 8.99. The summed E-state index contributed by atoms with van der Waals surface area (Å²) in [6.45, 7) is 2.90. The van der Waals surface area contributed by atoms with Gasteiger partial charge in [-0.15, -0.1) is 0 Å². The zero-order valence-corrected chi connectivity index (χ0v) is 15.9. The lowest BCUT2D eigenvalue weighted by molar-refractivity contribution is -0.120. The van der Waals surface area contributed by atoms with Crippen molar-refractivity contribution in [2.75, 3.05) is 5.32 Å². The molecule has 2 aliphatic heterocycles. The van der Waals surface area contributed by atoms with E-state index in [-0.39, 0.29) is 34.8 Å². The molecule has 2 saturated heterocycles. The number of nitrogens with one attached hydrogen (secondary N) is 2. The van der Waals surface area contributed by atoms with Gasteiger partial charge in [0.2, 0.25) is 21.8 Å². The fraction of sp³-hybridized carbons (Fsp3) is 0.556. The van der Waals surface area contributed by atoms with Gasteiger partial charge in [-0.3, -0.25) is 9.59 Å². The van der Waals surface area contributed by atoms with Crippen LogP contribution in [0.2, 0.25) is 0 Å². The van der Waals surface area contributed by atoms with Crippen LogP contribution in [0.15, 0.2) is 29.2 Å². The van der Waals surface area contributed by atoms with Crippen LogP contribution < -0.4 is 10.6 Å². The van der Waals surface area contributed by atoms with Gasteiger partial charge in [-0.1, -0.05) is 6.42 Å². The fourth-order valence-corrected chi connectivity index (χ4v) is 6.06. The van der Waals surface area contributed by atoms with E-state index in [2.05, 4.69) is 10.6 Å². The zero-order chi connectivity index (χ0) is 18.9.